The second-order valence-electron chi connectivity index (χ2n) is 7.89. The molecule has 2 amide bonds. The third kappa shape index (κ3) is 4.46. The Kier molecular flexibility index (Phi) is 6.05. The molecule has 164 valence electrons. The zero-order chi connectivity index (χ0) is 22.2. The average molecular weight is 462 g/mol. The number of carbonyl (C=O) groups is 2. The van der Waals surface area contributed by atoms with Gasteiger partial charge in [0.2, 0.25) is 21.8 Å². The molecule has 9 heteroatoms. The van der Waals surface area contributed by atoms with Gasteiger partial charge in [0.25, 0.3) is 0 Å². The van der Waals surface area contributed by atoms with Crippen molar-refractivity contribution in [2.24, 2.45) is 0 Å². The van der Waals surface area contributed by atoms with Crippen LogP contribution >= 0.6 is 11.6 Å². The largest absolute Gasteiger partial charge is 0.324 e. The zero-order valence-electron chi connectivity index (χ0n) is 17.2. The Morgan fingerprint density at radius 1 is 1.10 bits per heavy atom. The lowest BCUT2D eigenvalue weighted by molar-refractivity contribution is -0.121. The molecule has 2 aliphatic rings. The fourth-order valence-electron chi connectivity index (χ4n) is 4.01. The number of rotatable bonds is 5. The molecule has 31 heavy (non-hydrogen) atoms. The van der Waals surface area contributed by atoms with Crippen LogP contribution in [0.2, 0.25) is 5.02 Å². The van der Waals surface area contributed by atoms with Crippen molar-refractivity contribution < 1.29 is 18.0 Å². The molecule has 2 heterocycles. The van der Waals surface area contributed by atoms with Crippen LogP contribution in [-0.4, -0.2) is 44.2 Å². The van der Waals surface area contributed by atoms with Crippen LogP contribution in [0.15, 0.2) is 41.3 Å². The summed E-state index contributed by atoms with van der Waals surface area (Å²) >= 11 is 6.01. The van der Waals surface area contributed by atoms with Gasteiger partial charge >= 0.3 is 0 Å². The summed E-state index contributed by atoms with van der Waals surface area (Å²) < 4.78 is 27.3. The van der Waals surface area contributed by atoms with Crippen LogP contribution in [0.3, 0.4) is 0 Å². The highest BCUT2D eigenvalue weighted by Gasteiger charge is 2.31. The summed E-state index contributed by atoms with van der Waals surface area (Å²) in [7, 11) is -3.54. The number of sulfonamides is 1. The van der Waals surface area contributed by atoms with Crippen LogP contribution in [0.1, 0.15) is 30.4 Å². The first kappa shape index (κ1) is 21.8. The van der Waals surface area contributed by atoms with Crippen LogP contribution in [0, 0.1) is 6.92 Å². The van der Waals surface area contributed by atoms with E-state index in [2.05, 4.69) is 5.32 Å². The lowest BCUT2D eigenvalue weighted by Gasteiger charge is -2.29. The molecule has 0 radical (unpaired) electrons. The van der Waals surface area contributed by atoms with Gasteiger partial charge in [-0.3, -0.25) is 9.59 Å². The van der Waals surface area contributed by atoms with Gasteiger partial charge in [-0.15, -0.1) is 0 Å². The third-order valence-corrected chi connectivity index (χ3v) is 7.86. The number of halogens is 1. The second-order valence-corrected chi connectivity index (χ2v) is 10.3. The van der Waals surface area contributed by atoms with Gasteiger partial charge in [0.15, 0.2) is 0 Å². The molecule has 0 aromatic heterocycles. The molecule has 0 atom stereocenters. The van der Waals surface area contributed by atoms with Gasteiger partial charge in [-0.2, -0.15) is 4.31 Å². The molecule has 4 rings (SSSR count). The molecule has 2 aliphatic heterocycles. The lowest BCUT2D eigenvalue weighted by Crippen LogP contribution is -2.41. The second kappa shape index (κ2) is 8.61. The van der Waals surface area contributed by atoms with E-state index in [9.17, 15) is 18.0 Å². The van der Waals surface area contributed by atoms with E-state index < -0.39 is 10.0 Å². The molecule has 0 bridgehead atoms. The van der Waals surface area contributed by atoms with Gasteiger partial charge in [-0.05, 0) is 67.6 Å². The topological polar surface area (TPSA) is 86.8 Å². The molecule has 1 saturated heterocycles. The number of hydrogen-bond donors (Lipinski definition) is 1. The Hall–Kier alpha value is -2.42. The van der Waals surface area contributed by atoms with Gasteiger partial charge in [-0.1, -0.05) is 17.7 Å². The number of fused-ring (bicyclic) bond motifs is 1. The zero-order valence-corrected chi connectivity index (χ0v) is 18.8. The fraction of sp³-hybridized carbons (Fsp3) is 0.364. The molecule has 7 nitrogen and oxygen atoms in total. The van der Waals surface area contributed by atoms with Crippen LogP contribution in [0.4, 0.5) is 11.4 Å². The van der Waals surface area contributed by atoms with E-state index in [0.717, 1.165) is 24.0 Å². The predicted molar refractivity (Wildman–Crippen MR) is 120 cm³/mol. The normalized spacial score (nSPS) is 17.0. The number of benzene rings is 2. The van der Waals surface area contributed by atoms with Crippen molar-refractivity contribution in [1.82, 2.24) is 4.31 Å². The quantitative estimate of drug-likeness (QED) is 0.739. The van der Waals surface area contributed by atoms with Crippen LogP contribution in [0.5, 0.6) is 0 Å². The third-order valence-electron chi connectivity index (χ3n) is 5.73. The van der Waals surface area contributed by atoms with Gasteiger partial charge in [0.05, 0.1) is 4.90 Å². The van der Waals surface area contributed by atoms with E-state index in [1.165, 1.54) is 15.3 Å². The van der Waals surface area contributed by atoms with E-state index >= 15 is 0 Å². The first-order valence-electron chi connectivity index (χ1n) is 10.2. The van der Waals surface area contributed by atoms with E-state index in [4.69, 9.17) is 11.6 Å². The molecular weight excluding hydrogens is 438 g/mol. The molecular formula is C22H24ClN3O4S. The highest BCUT2D eigenvalue weighted by Crippen LogP contribution is 2.32. The van der Waals surface area contributed by atoms with Crippen molar-refractivity contribution in [3.63, 3.8) is 0 Å². The van der Waals surface area contributed by atoms with Crippen LogP contribution in [0.25, 0.3) is 0 Å². The fourth-order valence-corrected chi connectivity index (χ4v) is 5.75. The molecule has 2 aromatic rings. The summed E-state index contributed by atoms with van der Waals surface area (Å²) in [6, 6.07) is 10.0. The van der Waals surface area contributed by atoms with Crippen molar-refractivity contribution in [2.45, 2.75) is 37.5 Å². The van der Waals surface area contributed by atoms with E-state index in [1.54, 1.807) is 24.3 Å². The number of nitrogens with zero attached hydrogens (tertiary/aromatic N) is 2. The number of nitrogens with one attached hydrogen (secondary N) is 1. The molecule has 0 aliphatic carbocycles. The molecule has 2 aromatic carbocycles. The maximum Gasteiger partial charge on any atom is 0.244 e. The minimum atomic E-state index is -3.54. The Morgan fingerprint density at radius 3 is 2.58 bits per heavy atom. The maximum atomic E-state index is 12.9. The van der Waals surface area contributed by atoms with Crippen LogP contribution < -0.4 is 10.2 Å². The predicted octanol–water partition coefficient (Wildman–Crippen LogP) is 3.35. The Morgan fingerprint density at radius 2 is 1.84 bits per heavy atom. The molecule has 0 saturated carbocycles. The standard InChI is InChI=1S/C22H24ClN3O4S/c1-15-4-6-17(23)13-19(15)24-21(27)14-26-20-8-7-18(12-16(20)5-9-22(26)28)31(29,30)25-10-2-3-11-25/h4,6-8,12-13H,2-3,5,9-11,14H2,1H3,(H,24,27). The summed E-state index contributed by atoms with van der Waals surface area (Å²) in [5, 5.41) is 3.31. The minimum absolute atomic E-state index is 0.157. The Labute approximate surface area is 187 Å². The molecule has 0 spiro atoms. The van der Waals surface area contributed by atoms with Gasteiger partial charge in [0, 0.05) is 35.9 Å². The van der Waals surface area contributed by atoms with Gasteiger partial charge in [-0.25, -0.2) is 8.42 Å². The number of amides is 2. The number of aryl methyl sites for hydroxylation is 2. The highest BCUT2D eigenvalue weighted by atomic mass is 35.5. The van der Waals surface area contributed by atoms with Crippen molar-refractivity contribution >= 4 is 44.8 Å². The van der Waals surface area contributed by atoms with Crippen molar-refractivity contribution in [2.75, 3.05) is 29.9 Å². The Balaban J connectivity index is 1.56. The SMILES string of the molecule is Cc1ccc(Cl)cc1NC(=O)CN1C(=O)CCc2cc(S(=O)(=O)N3CCCC3)ccc21. The minimum Gasteiger partial charge on any atom is -0.324 e. The molecule has 1 N–H and O–H groups in total. The van der Waals surface area contributed by atoms with Gasteiger partial charge in [0.1, 0.15) is 6.54 Å². The van der Waals surface area contributed by atoms with Gasteiger partial charge < -0.3 is 10.2 Å². The first-order chi connectivity index (χ1) is 14.8. The lowest BCUT2D eigenvalue weighted by atomic mass is 10.0. The van der Waals surface area contributed by atoms with E-state index in [-0.39, 0.29) is 29.7 Å². The van der Waals surface area contributed by atoms with Crippen LogP contribution in [-0.2, 0) is 26.0 Å². The summed E-state index contributed by atoms with van der Waals surface area (Å²) in [6.45, 7) is 2.77. The average Bonchev–Trinajstić information content (AvgIpc) is 3.28. The maximum absolute atomic E-state index is 12.9. The smallest absolute Gasteiger partial charge is 0.244 e. The van der Waals surface area contributed by atoms with Crippen molar-refractivity contribution in [1.29, 1.82) is 0 Å². The van der Waals surface area contributed by atoms with E-state index in [1.807, 2.05) is 13.0 Å². The summed E-state index contributed by atoms with van der Waals surface area (Å²) in [4.78, 5) is 26.9. The van der Waals surface area contributed by atoms with Crippen molar-refractivity contribution in [3.8, 4) is 0 Å². The number of carbonyl (C=O) groups excluding carboxylic acids is 2. The first-order valence-corrected chi connectivity index (χ1v) is 12.1. The number of anilines is 2. The summed E-state index contributed by atoms with van der Waals surface area (Å²) in [6.07, 6.45) is 2.41. The Bertz CT molecular complexity index is 1140. The van der Waals surface area contributed by atoms with E-state index in [0.29, 0.717) is 35.9 Å². The summed E-state index contributed by atoms with van der Waals surface area (Å²) in [5.41, 5.74) is 2.79. The number of hydrogen-bond acceptors (Lipinski definition) is 4. The summed E-state index contributed by atoms with van der Waals surface area (Å²) in [5.74, 6) is -0.513. The molecule has 0 unspecified atom stereocenters. The highest BCUT2D eigenvalue weighted by molar-refractivity contribution is 7.89. The van der Waals surface area contributed by atoms with Crippen molar-refractivity contribution in [3.05, 3.63) is 52.5 Å². The monoisotopic (exact) mass is 461 g/mol. The molecule has 1 fully saturated rings.